The van der Waals surface area contributed by atoms with Crippen LogP contribution in [0.25, 0.3) is 0 Å². The molecule has 0 aromatic carbocycles. The Morgan fingerprint density at radius 3 is 1.08 bits per heavy atom. The van der Waals surface area contributed by atoms with Crippen LogP contribution in [0.2, 0.25) is 0 Å². The van der Waals surface area contributed by atoms with E-state index in [1.165, 1.54) is 199 Å². The van der Waals surface area contributed by atoms with Gasteiger partial charge in [-0.3, -0.25) is 0 Å². The highest BCUT2D eigenvalue weighted by Gasteiger charge is 2.01. The van der Waals surface area contributed by atoms with Gasteiger partial charge in [0.1, 0.15) is 0 Å². The third-order valence-electron chi connectivity index (χ3n) is 11.3. The van der Waals surface area contributed by atoms with Crippen LogP contribution in [-0.4, -0.2) is 0 Å². The third kappa shape index (κ3) is 99.1. The van der Waals surface area contributed by atoms with Crippen molar-refractivity contribution < 1.29 is 1.43 Å². The number of hydrogen-bond acceptors (Lipinski definition) is 0. The molecule has 0 saturated carbocycles. The average Bonchev–Trinajstić information content (AvgIpc) is 3.94. The van der Waals surface area contributed by atoms with E-state index in [4.69, 9.17) is 12.8 Å². The van der Waals surface area contributed by atoms with E-state index in [0.29, 0.717) is 0 Å². The van der Waals surface area contributed by atoms with Crippen molar-refractivity contribution in [1.82, 2.24) is 0 Å². The van der Waals surface area contributed by atoms with E-state index >= 15 is 0 Å². The number of unbranched alkanes of at least 4 members (excludes halogenated alkanes) is 14. The van der Waals surface area contributed by atoms with Gasteiger partial charge in [0, 0.05) is 1.43 Å². The zero-order chi connectivity index (χ0) is 59.3. The van der Waals surface area contributed by atoms with E-state index in [1.807, 2.05) is 0 Å². The van der Waals surface area contributed by atoms with Gasteiger partial charge in [-0.2, -0.15) is 0 Å². The van der Waals surface area contributed by atoms with Gasteiger partial charge in [-0.1, -0.05) is 248 Å². The first-order chi connectivity index (χ1) is 38.1. The topological polar surface area (TPSA) is 0 Å². The highest BCUT2D eigenvalue weighted by Crippen LogP contribution is 2.17. The molecule has 0 spiro atoms. The second kappa shape index (κ2) is 85.0. The fourth-order valence-corrected chi connectivity index (χ4v) is 6.67. The van der Waals surface area contributed by atoms with Crippen molar-refractivity contribution in [3.63, 3.8) is 0 Å². The van der Waals surface area contributed by atoms with Crippen LogP contribution < -0.4 is 0 Å². The highest BCUT2D eigenvalue weighted by molar-refractivity contribution is 5.44. The number of terminal acetylenes is 2. The second-order valence-corrected chi connectivity index (χ2v) is 19.3. The summed E-state index contributed by atoms with van der Waals surface area (Å²) in [5.41, 5.74) is 4.71. The maximum Gasteiger partial charge on any atom is 0 e. The van der Waals surface area contributed by atoms with E-state index in [-0.39, 0.29) is 1.43 Å². The molecule has 0 saturated heterocycles. The lowest BCUT2D eigenvalue weighted by Gasteiger charge is -2.09. The fourth-order valence-electron chi connectivity index (χ4n) is 6.67. The van der Waals surface area contributed by atoms with E-state index in [0.717, 1.165) is 5.92 Å². The highest BCUT2D eigenvalue weighted by atomic mass is 14.1. The average molecular weight is 1060 g/mol. The summed E-state index contributed by atoms with van der Waals surface area (Å²) in [4.78, 5) is 0. The Bertz CT molecular complexity index is 2010. The summed E-state index contributed by atoms with van der Waals surface area (Å²) < 4.78 is 0. The van der Waals surface area contributed by atoms with Gasteiger partial charge in [0.25, 0.3) is 0 Å². The molecule has 430 valence electrons. The van der Waals surface area contributed by atoms with Crippen molar-refractivity contribution in [2.24, 2.45) is 5.92 Å². The van der Waals surface area contributed by atoms with Gasteiger partial charge in [-0.25, -0.2) is 0 Å². The number of rotatable bonds is 30. The molecule has 0 radical (unpaired) electrons. The maximum absolute atomic E-state index is 4.86. The zero-order valence-electron chi connectivity index (χ0n) is 53.3. The van der Waals surface area contributed by atoms with Gasteiger partial charge in [0.05, 0.1) is 0 Å². The van der Waals surface area contributed by atoms with Crippen molar-refractivity contribution >= 4 is 0 Å². The lowest BCUT2D eigenvalue weighted by Crippen LogP contribution is -1.94. The van der Waals surface area contributed by atoms with Crippen LogP contribution in [0.1, 0.15) is 297 Å². The third-order valence-corrected chi connectivity index (χ3v) is 11.3. The smallest absolute Gasteiger partial charge is 0 e. The first-order valence-corrected chi connectivity index (χ1v) is 30.7. The van der Waals surface area contributed by atoms with E-state index < -0.39 is 0 Å². The molecule has 0 aromatic heterocycles. The Hall–Kier alpha value is -5.96. The minimum Gasteiger partial charge on any atom is -0.106 e. The van der Waals surface area contributed by atoms with Crippen molar-refractivity contribution in [1.29, 1.82) is 0 Å². The van der Waals surface area contributed by atoms with Crippen molar-refractivity contribution in [3.05, 3.63) is 71.4 Å². The van der Waals surface area contributed by atoms with Gasteiger partial charge < -0.3 is 0 Å². The summed E-state index contributed by atoms with van der Waals surface area (Å²) in [5.74, 6) is 44.8. The standard InChI is InChI=1S/C14H30.2C14H26.C14H2.C8H16.C8H6.C6H10.H2/c3*1-4-6-8-9-10-11-13-14(3)12-7-5-2;1-3-5-7-9-11-13-14-12-10-8-6-4-2;2*1-3-5-7-8-6-4-2;1-6-4-2-3-5-6;/h14H,4-13H2,1-3H3;2*8-9,12H,4-7,10-11,13H2,1-3H3;1-2H;7-8H,3-6H2,1-2H3;1-2H3;4H,2-3,5H2,1H3;1H/b;;;;8-7+;;;. The second-order valence-electron chi connectivity index (χ2n) is 19.3. The van der Waals surface area contributed by atoms with E-state index in [9.17, 15) is 0 Å². The Morgan fingerprint density at radius 1 is 0.436 bits per heavy atom. The quantitative estimate of drug-likeness (QED) is 0.0382. The molecule has 1 aliphatic rings. The summed E-state index contributed by atoms with van der Waals surface area (Å²) in [6.07, 6.45) is 71.8. The predicted molar refractivity (Wildman–Crippen MR) is 360 cm³/mol. The predicted octanol–water partition coefficient (Wildman–Crippen LogP) is 22.9. The van der Waals surface area contributed by atoms with Crippen LogP contribution in [0.3, 0.4) is 0 Å². The lowest BCUT2D eigenvalue weighted by molar-refractivity contribution is 0.442. The lowest BCUT2D eigenvalue weighted by atomic mass is 9.97. The van der Waals surface area contributed by atoms with Crippen LogP contribution in [0, 0.1) is 125 Å². The van der Waals surface area contributed by atoms with Gasteiger partial charge in [-0.05, 0) is 232 Å². The summed E-state index contributed by atoms with van der Waals surface area (Å²) >= 11 is 0. The summed E-state index contributed by atoms with van der Waals surface area (Å²) in [5, 5.41) is 0. The molecule has 0 fully saturated rings. The molecule has 0 aliphatic heterocycles. The SMILES string of the molecule is C#CC#CC#CC#CC#CC#CC#C.CC#CC#CC#CC.CC1=CCCC1.CCC/C=C/CCC.CCCC=CCCCC(C)=CCCC.CCCC=CCCCC(C)=CCCC.CCCCCCCCC(C)CCCC.[HH]. The zero-order valence-corrected chi connectivity index (χ0v) is 53.3. The molecule has 0 aromatic rings. The first kappa shape index (κ1) is 83.4. The first-order valence-electron chi connectivity index (χ1n) is 30.7. The normalized spacial score (nSPS) is 10.6. The number of allylic oxidation sites excluding steroid dienone is 12. The van der Waals surface area contributed by atoms with Crippen LogP contribution in [0.4, 0.5) is 0 Å². The van der Waals surface area contributed by atoms with Crippen LogP contribution in [-0.2, 0) is 0 Å². The van der Waals surface area contributed by atoms with E-state index in [2.05, 4.69) is 244 Å². The Labute approximate surface area is 491 Å². The summed E-state index contributed by atoms with van der Waals surface area (Å²) in [7, 11) is 0. The maximum atomic E-state index is 4.86. The molecular formula is C78H118. The molecule has 0 bridgehead atoms. The van der Waals surface area contributed by atoms with Crippen molar-refractivity contribution in [2.45, 2.75) is 296 Å². The van der Waals surface area contributed by atoms with Crippen LogP contribution >= 0.6 is 0 Å². The Balaban J connectivity index is -0.000000155. The molecule has 0 N–H and O–H groups in total. The molecule has 1 aliphatic carbocycles. The molecule has 0 heterocycles. The molecule has 0 nitrogen and oxygen atoms in total. The number of hydrogen-bond donors (Lipinski definition) is 0. The summed E-state index contributed by atoms with van der Waals surface area (Å²) in [6.45, 7) is 30.5. The van der Waals surface area contributed by atoms with Crippen molar-refractivity contribution in [2.75, 3.05) is 0 Å². The molecular weight excluding hydrogens is 937 g/mol. The molecule has 1 rings (SSSR count). The van der Waals surface area contributed by atoms with Gasteiger partial charge in [-0.15, -0.1) is 12.8 Å². The molecule has 0 heteroatoms. The largest absolute Gasteiger partial charge is 0.106 e. The van der Waals surface area contributed by atoms with Crippen LogP contribution in [0.5, 0.6) is 0 Å². The fraction of sp³-hybridized carbons (Fsp3) is 0.590. The van der Waals surface area contributed by atoms with Gasteiger partial charge >= 0.3 is 0 Å². The molecule has 1 atom stereocenters. The van der Waals surface area contributed by atoms with Gasteiger partial charge in [0.2, 0.25) is 0 Å². The van der Waals surface area contributed by atoms with E-state index in [1.54, 1.807) is 30.6 Å². The minimum absolute atomic E-state index is 0. The van der Waals surface area contributed by atoms with Crippen LogP contribution in [0.15, 0.2) is 71.4 Å². The monoisotopic (exact) mass is 1050 g/mol. The molecule has 1 unspecified atom stereocenters. The summed E-state index contributed by atoms with van der Waals surface area (Å²) in [6, 6.07) is 0. The van der Waals surface area contributed by atoms with Crippen molar-refractivity contribution in [3.8, 4) is 119 Å². The molecule has 0 amide bonds. The minimum atomic E-state index is 0. The van der Waals surface area contributed by atoms with Gasteiger partial charge in [0.15, 0.2) is 0 Å². The Morgan fingerprint density at radius 2 is 0.769 bits per heavy atom. The Kier molecular flexibility index (Phi) is 90.8. The molecule has 78 heavy (non-hydrogen) atoms.